The summed E-state index contributed by atoms with van der Waals surface area (Å²) in [5.74, 6) is 0.0211. The number of rotatable bonds is 4. The summed E-state index contributed by atoms with van der Waals surface area (Å²) in [5, 5.41) is 12.3. The number of nitriles is 1. The highest BCUT2D eigenvalue weighted by Gasteiger charge is 2.28. The smallest absolute Gasteiger partial charge is 0.123 e. The van der Waals surface area contributed by atoms with Crippen LogP contribution in [0.3, 0.4) is 0 Å². The Morgan fingerprint density at radius 1 is 1.25 bits per heavy atom. The van der Waals surface area contributed by atoms with E-state index in [9.17, 15) is 4.39 Å². The van der Waals surface area contributed by atoms with Crippen LogP contribution in [0.4, 0.5) is 4.39 Å². The largest absolute Gasteiger partial charge is 0.373 e. The molecule has 0 bridgehead atoms. The molecule has 0 aliphatic carbocycles. The number of benzene rings is 2. The van der Waals surface area contributed by atoms with E-state index in [0.29, 0.717) is 12.2 Å². The van der Waals surface area contributed by atoms with Gasteiger partial charge in [0, 0.05) is 12.5 Å². The standard InChI is InChI=1S/C20H21FN2O/c1-14-10-17(21)6-7-18(14)19-12-23-9-8-20(19)24-13-16-4-2-15(11-22)3-5-16/h2-7,10,19-20,23H,8-9,12-13H2,1H3. The zero-order valence-electron chi connectivity index (χ0n) is 13.8. The Morgan fingerprint density at radius 2 is 2.04 bits per heavy atom. The number of piperidine rings is 1. The number of nitrogens with one attached hydrogen (secondary N) is 1. The Hall–Kier alpha value is -2.22. The lowest BCUT2D eigenvalue weighted by molar-refractivity contribution is 0.00677. The SMILES string of the molecule is Cc1cc(F)ccc1C1CNCCC1OCc1ccc(C#N)cc1. The van der Waals surface area contributed by atoms with E-state index in [2.05, 4.69) is 11.4 Å². The predicted octanol–water partition coefficient (Wildman–Crippen LogP) is 3.67. The maximum atomic E-state index is 13.4. The molecule has 1 fully saturated rings. The highest BCUT2D eigenvalue weighted by atomic mass is 19.1. The van der Waals surface area contributed by atoms with Crippen LogP contribution in [-0.2, 0) is 11.3 Å². The molecule has 2 atom stereocenters. The molecule has 4 heteroatoms. The fraction of sp³-hybridized carbons (Fsp3) is 0.350. The van der Waals surface area contributed by atoms with Crippen molar-refractivity contribution >= 4 is 0 Å². The first-order chi connectivity index (χ1) is 11.7. The minimum Gasteiger partial charge on any atom is -0.373 e. The highest BCUT2D eigenvalue weighted by molar-refractivity contribution is 5.32. The topological polar surface area (TPSA) is 45.0 Å². The van der Waals surface area contributed by atoms with Crippen molar-refractivity contribution in [1.82, 2.24) is 5.32 Å². The van der Waals surface area contributed by atoms with Gasteiger partial charge in [-0.15, -0.1) is 0 Å². The molecule has 2 aromatic carbocycles. The molecule has 1 saturated heterocycles. The molecule has 2 aromatic rings. The molecule has 1 aliphatic rings. The second-order valence-electron chi connectivity index (χ2n) is 6.26. The maximum Gasteiger partial charge on any atom is 0.123 e. The van der Waals surface area contributed by atoms with Crippen molar-refractivity contribution in [2.75, 3.05) is 13.1 Å². The van der Waals surface area contributed by atoms with E-state index in [4.69, 9.17) is 10.00 Å². The molecule has 24 heavy (non-hydrogen) atoms. The molecule has 3 rings (SSSR count). The summed E-state index contributed by atoms with van der Waals surface area (Å²) in [4.78, 5) is 0. The summed E-state index contributed by atoms with van der Waals surface area (Å²) in [7, 11) is 0. The van der Waals surface area contributed by atoms with E-state index in [1.165, 1.54) is 6.07 Å². The quantitative estimate of drug-likeness (QED) is 0.933. The number of ether oxygens (including phenoxy) is 1. The van der Waals surface area contributed by atoms with Crippen LogP contribution in [0.5, 0.6) is 0 Å². The van der Waals surface area contributed by atoms with E-state index < -0.39 is 0 Å². The van der Waals surface area contributed by atoms with E-state index in [-0.39, 0.29) is 17.8 Å². The van der Waals surface area contributed by atoms with Gasteiger partial charge in [-0.2, -0.15) is 5.26 Å². The third kappa shape index (κ3) is 3.81. The molecule has 1 N–H and O–H groups in total. The summed E-state index contributed by atoms with van der Waals surface area (Å²) in [6.07, 6.45) is 1.03. The van der Waals surface area contributed by atoms with Crippen LogP contribution in [0.15, 0.2) is 42.5 Å². The predicted molar refractivity (Wildman–Crippen MR) is 91.1 cm³/mol. The van der Waals surface area contributed by atoms with Gasteiger partial charge < -0.3 is 10.1 Å². The lowest BCUT2D eigenvalue weighted by atomic mass is 9.86. The van der Waals surface area contributed by atoms with Crippen LogP contribution in [0.1, 0.15) is 34.6 Å². The molecule has 124 valence electrons. The van der Waals surface area contributed by atoms with Crippen molar-refractivity contribution in [2.45, 2.75) is 32.0 Å². The minimum atomic E-state index is -0.199. The average Bonchev–Trinajstić information content (AvgIpc) is 2.61. The molecule has 0 spiro atoms. The molecule has 0 radical (unpaired) electrons. The summed E-state index contributed by atoms with van der Waals surface area (Å²) in [5.41, 5.74) is 3.83. The van der Waals surface area contributed by atoms with Gasteiger partial charge >= 0.3 is 0 Å². The molecule has 0 aromatic heterocycles. The third-order valence-corrected chi connectivity index (χ3v) is 4.60. The van der Waals surface area contributed by atoms with Crippen molar-refractivity contribution < 1.29 is 9.13 Å². The van der Waals surface area contributed by atoms with E-state index in [1.807, 2.05) is 37.3 Å². The maximum absolute atomic E-state index is 13.4. The molecule has 0 amide bonds. The van der Waals surface area contributed by atoms with Gasteiger partial charge in [-0.1, -0.05) is 18.2 Å². The Labute approximate surface area is 142 Å². The number of hydrogen-bond donors (Lipinski definition) is 1. The minimum absolute atomic E-state index is 0.103. The van der Waals surface area contributed by atoms with Gasteiger partial charge in [-0.05, 0) is 60.8 Å². The zero-order chi connectivity index (χ0) is 16.9. The van der Waals surface area contributed by atoms with Crippen molar-refractivity contribution in [3.8, 4) is 6.07 Å². The molecule has 1 heterocycles. The first-order valence-corrected chi connectivity index (χ1v) is 8.25. The molecular weight excluding hydrogens is 303 g/mol. The summed E-state index contributed by atoms with van der Waals surface area (Å²) in [6, 6.07) is 14.6. The fourth-order valence-electron chi connectivity index (χ4n) is 3.28. The van der Waals surface area contributed by atoms with Crippen LogP contribution in [0.25, 0.3) is 0 Å². The lowest BCUT2D eigenvalue weighted by Crippen LogP contribution is -2.40. The summed E-state index contributed by atoms with van der Waals surface area (Å²) >= 11 is 0. The van der Waals surface area contributed by atoms with Crippen LogP contribution >= 0.6 is 0 Å². The monoisotopic (exact) mass is 324 g/mol. The normalized spacial score (nSPS) is 20.5. The average molecular weight is 324 g/mol. The van der Waals surface area contributed by atoms with Gasteiger partial charge in [0.1, 0.15) is 5.82 Å². The first-order valence-electron chi connectivity index (χ1n) is 8.25. The lowest BCUT2D eigenvalue weighted by Gasteiger charge is -2.33. The van der Waals surface area contributed by atoms with Crippen LogP contribution in [-0.4, -0.2) is 19.2 Å². The van der Waals surface area contributed by atoms with Crippen molar-refractivity contribution in [2.24, 2.45) is 0 Å². The number of hydrogen-bond acceptors (Lipinski definition) is 3. The Balaban J connectivity index is 1.71. The van der Waals surface area contributed by atoms with Crippen molar-refractivity contribution in [3.63, 3.8) is 0 Å². The second kappa shape index (κ2) is 7.57. The zero-order valence-corrected chi connectivity index (χ0v) is 13.8. The summed E-state index contributed by atoms with van der Waals surface area (Å²) < 4.78 is 19.6. The molecule has 2 unspecified atom stereocenters. The van der Waals surface area contributed by atoms with Gasteiger partial charge in [0.15, 0.2) is 0 Å². The van der Waals surface area contributed by atoms with Crippen molar-refractivity contribution in [3.05, 3.63) is 70.5 Å². The first kappa shape index (κ1) is 16.6. The molecule has 0 saturated carbocycles. The Morgan fingerprint density at radius 3 is 2.75 bits per heavy atom. The van der Waals surface area contributed by atoms with Gasteiger partial charge in [-0.3, -0.25) is 0 Å². The second-order valence-corrected chi connectivity index (χ2v) is 6.26. The van der Waals surface area contributed by atoms with Crippen molar-refractivity contribution in [1.29, 1.82) is 5.26 Å². The third-order valence-electron chi connectivity index (χ3n) is 4.60. The Kier molecular flexibility index (Phi) is 5.24. The van der Waals surface area contributed by atoms with Gasteiger partial charge in [0.2, 0.25) is 0 Å². The van der Waals surface area contributed by atoms with Gasteiger partial charge in [0.05, 0.1) is 24.3 Å². The number of aryl methyl sites for hydroxylation is 1. The van der Waals surface area contributed by atoms with Crippen LogP contribution < -0.4 is 5.32 Å². The number of nitrogens with zero attached hydrogens (tertiary/aromatic N) is 1. The van der Waals surface area contributed by atoms with Crippen LogP contribution in [0, 0.1) is 24.1 Å². The Bertz CT molecular complexity index is 736. The van der Waals surface area contributed by atoms with Gasteiger partial charge in [-0.25, -0.2) is 4.39 Å². The fourth-order valence-corrected chi connectivity index (χ4v) is 3.28. The number of halogens is 1. The summed E-state index contributed by atoms with van der Waals surface area (Å²) in [6.45, 7) is 4.23. The van der Waals surface area contributed by atoms with E-state index in [1.54, 1.807) is 6.07 Å². The van der Waals surface area contributed by atoms with E-state index in [0.717, 1.165) is 36.2 Å². The molecule has 3 nitrogen and oxygen atoms in total. The highest BCUT2D eigenvalue weighted by Crippen LogP contribution is 2.29. The molecular formula is C20H21FN2O. The van der Waals surface area contributed by atoms with Crippen LogP contribution in [0.2, 0.25) is 0 Å². The van der Waals surface area contributed by atoms with E-state index >= 15 is 0 Å². The van der Waals surface area contributed by atoms with Gasteiger partial charge in [0.25, 0.3) is 0 Å². The molecule has 1 aliphatic heterocycles.